The molecular weight excluding hydrogens is 144 g/mol. The molecule has 55 valence electrons. The summed E-state index contributed by atoms with van der Waals surface area (Å²) >= 11 is 1.90. The summed E-state index contributed by atoms with van der Waals surface area (Å²) in [4.78, 5) is 3.92. The molecule has 0 aliphatic rings. The number of aromatic nitrogens is 2. The average Bonchev–Trinajstić information content (AvgIpc) is 2.41. The van der Waals surface area contributed by atoms with Gasteiger partial charge < -0.3 is 4.57 Å². The zero-order valence-electron chi connectivity index (χ0n) is 6.03. The van der Waals surface area contributed by atoms with Gasteiger partial charge in [0.15, 0.2) is 0 Å². The Balaban J connectivity index is 2.15. The zero-order chi connectivity index (χ0) is 7.23. The van der Waals surface area contributed by atoms with E-state index in [4.69, 9.17) is 0 Å². The summed E-state index contributed by atoms with van der Waals surface area (Å²) in [6.45, 7) is 4.27. The Kier molecular flexibility index (Phi) is 3.36. The lowest BCUT2D eigenvalue weighted by molar-refractivity contribution is 0.962. The Labute approximate surface area is 65.7 Å². The summed E-state index contributed by atoms with van der Waals surface area (Å²) < 4.78 is 1.97. The van der Waals surface area contributed by atoms with Crippen LogP contribution in [0.25, 0.3) is 0 Å². The fraction of sp³-hybridized carbons (Fsp3) is 0.429. The molecule has 2 nitrogen and oxygen atoms in total. The summed E-state index contributed by atoms with van der Waals surface area (Å²) in [7, 11) is 0. The van der Waals surface area contributed by atoms with Gasteiger partial charge in [0.25, 0.3) is 0 Å². The highest BCUT2D eigenvalue weighted by Crippen LogP contribution is 2.00. The molecule has 1 rings (SSSR count). The minimum absolute atomic E-state index is 1.06. The summed E-state index contributed by atoms with van der Waals surface area (Å²) in [5.74, 6) is 2.23. The van der Waals surface area contributed by atoms with Crippen molar-refractivity contribution in [3.8, 4) is 0 Å². The second-order valence-electron chi connectivity index (χ2n) is 1.85. The van der Waals surface area contributed by atoms with E-state index in [9.17, 15) is 0 Å². The van der Waals surface area contributed by atoms with Crippen molar-refractivity contribution >= 4 is 11.8 Å². The highest BCUT2D eigenvalue weighted by atomic mass is 32.2. The molecule has 0 amide bonds. The van der Waals surface area contributed by atoms with Crippen LogP contribution in [0.4, 0.5) is 0 Å². The molecule has 0 bridgehead atoms. The fourth-order valence-electron chi connectivity index (χ4n) is 0.634. The first-order chi connectivity index (χ1) is 4.93. The second-order valence-corrected chi connectivity index (χ2v) is 3.17. The Morgan fingerprint density at radius 3 is 3.20 bits per heavy atom. The number of rotatable bonds is 4. The van der Waals surface area contributed by atoms with Crippen molar-refractivity contribution in [1.29, 1.82) is 0 Å². The maximum Gasteiger partial charge on any atom is 0.0949 e. The molecule has 0 fully saturated rings. The number of hydrogen-bond donors (Lipinski definition) is 0. The minimum atomic E-state index is 1.06. The van der Waals surface area contributed by atoms with Gasteiger partial charge in [0.1, 0.15) is 0 Å². The average molecular weight is 155 g/mol. The van der Waals surface area contributed by atoms with Crippen LogP contribution >= 0.6 is 11.8 Å². The molecule has 0 atom stereocenters. The smallest absolute Gasteiger partial charge is 0.0949 e. The largest absolute Gasteiger partial charge is 0.331 e. The summed E-state index contributed by atoms with van der Waals surface area (Å²) in [6.07, 6.45) is 5.53. The Morgan fingerprint density at radius 2 is 2.60 bits per heavy atom. The van der Waals surface area contributed by atoms with Gasteiger partial charge in [-0.2, -0.15) is 11.8 Å². The van der Waals surface area contributed by atoms with Gasteiger partial charge in [-0.05, 0) is 5.75 Å². The maximum absolute atomic E-state index is 3.92. The fourth-order valence-corrected chi connectivity index (χ4v) is 1.15. The standard InChI is InChI=1S/C7H11N2S/c1-2-10-6-5-9-4-3-8-7-9/h3-5,7H,2,6H2,1H3. The molecule has 0 saturated heterocycles. The van der Waals surface area contributed by atoms with E-state index < -0.39 is 0 Å². The molecule has 1 radical (unpaired) electrons. The highest BCUT2D eigenvalue weighted by Gasteiger charge is 1.88. The lowest BCUT2D eigenvalue weighted by Gasteiger charge is -1.97. The predicted octanol–water partition coefficient (Wildman–Crippen LogP) is 1.65. The van der Waals surface area contributed by atoms with Gasteiger partial charge in [-0.15, -0.1) is 0 Å². The molecule has 0 spiro atoms. The number of thioether (sulfide) groups is 1. The Hall–Kier alpha value is -0.440. The van der Waals surface area contributed by atoms with E-state index in [1.54, 1.807) is 12.5 Å². The zero-order valence-corrected chi connectivity index (χ0v) is 6.84. The lowest BCUT2D eigenvalue weighted by Crippen LogP contribution is -1.93. The highest BCUT2D eigenvalue weighted by molar-refractivity contribution is 7.99. The van der Waals surface area contributed by atoms with E-state index in [1.807, 2.05) is 22.5 Å². The van der Waals surface area contributed by atoms with Gasteiger partial charge in [0.05, 0.1) is 12.9 Å². The molecule has 0 aromatic carbocycles. The first-order valence-corrected chi connectivity index (χ1v) is 4.47. The topological polar surface area (TPSA) is 17.8 Å². The van der Waals surface area contributed by atoms with Crippen LogP contribution in [0.2, 0.25) is 0 Å². The van der Waals surface area contributed by atoms with Gasteiger partial charge in [-0.3, -0.25) is 0 Å². The van der Waals surface area contributed by atoms with E-state index in [1.165, 1.54) is 5.75 Å². The first kappa shape index (κ1) is 7.66. The lowest BCUT2D eigenvalue weighted by atomic mass is 10.7. The van der Waals surface area contributed by atoms with Crippen LogP contribution in [0.1, 0.15) is 6.92 Å². The number of nitrogens with zero attached hydrogens (tertiary/aromatic N) is 2. The predicted molar refractivity (Wildman–Crippen MR) is 44.9 cm³/mol. The molecule has 10 heavy (non-hydrogen) atoms. The van der Waals surface area contributed by atoms with Crippen molar-refractivity contribution in [2.75, 3.05) is 11.5 Å². The van der Waals surface area contributed by atoms with Gasteiger partial charge in [-0.25, -0.2) is 4.98 Å². The van der Waals surface area contributed by atoms with E-state index in [0.717, 1.165) is 5.75 Å². The van der Waals surface area contributed by atoms with Crippen molar-refractivity contribution in [1.82, 2.24) is 9.55 Å². The third-order valence-corrected chi connectivity index (χ3v) is 1.93. The molecule has 0 saturated carbocycles. The summed E-state index contributed by atoms with van der Waals surface area (Å²) in [5, 5.41) is 0. The summed E-state index contributed by atoms with van der Waals surface area (Å²) in [5.41, 5.74) is 0. The maximum atomic E-state index is 3.92. The third-order valence-electron chi connectivity index (χ3n) is 1.13. The van der Waals surface area contributed by atoms with E-state index in [0.29, 0.717) is 0 Å². The Morgan fingerprint density at radius 1 is 1.70 bits per heavy atom. The van der Waals surface area contributed by atoms with Crippen LogP contribution in [0.3, 0.4) is 0 Å². The van der Waals surface area contributed by atoms with Crippen molar-refractivity contribution in [3.05, 3.63) is 25.3 Å². The van der Waals surface area contributed by atoms with E-state index in [2.05, 4.69) is 18.5 Å². The first-order valence-electron chi connectivity index (χ1n) is 3.32. The molecular formula is C7H11N2S. The molecule has 0 N–H and O–H groups in total. The van der Waals surface area contributed by atoms with Gasteiger partial charge in [0.2, 0.25) is 0 Å². The molecule has 0 aliphatic carbocycles. The minimum Gasteiger partial charge on any atom is -0.331 e. The van der Waals surface area contributed by atoms with Gasteiger partial charge >= 0.3 is 0 Å². The van der Waals surface area contributed by atoms with Crippen LogP contribution in [-0.2, 0) is 0 Å². The van der Waals surface area contributed by atoms with Crippen molar-refractivity contribution in [2.24, 2.45) is 0 Å². The van der Waals surface area contributed by atoms with Crippen LogP contribution < -0.4 is 0 Å². The third kappa shape index (κ3) is 2.43. The van der Waals surface area contributed by atoms with Crippen LogP contribution in [0.15, 0.2) is 18.7 Å². The molecule has 1 aromatic rings. The second kappa shape index (κ2) is 4.39. The Bertz CT molecular complexity index is 160. The van der Waals surface area contributed by atoms with Gasteiger partial charge in [-0.1, -0.05) is 6.92 Å². The molecule has 1 aromatic heterocycles. The monoisotopic (exact) mass is 155 g/mol. The molecule has 0 aliphatic heterocycles. The van der Waals surface area contributed by atoms with Crippen LogP contribution in [0.5, 0.6) is 0 Å². The van der Waals surface area contributed by atoms with Gasteiger partial charge in [0, 0.05) is 18.1 Å². The molecule has 3 heteroatoms. The van der Waals surface area contributed by atoms with Crippen molar-refractivity contribution < 1.29 is 0 Å². The number of hydrogen-bond acceptors (Lipinski definition) is 2. The van der Waals surface area contributed by atoms with Crippen molar-refractivity contribution in [2.45, 2.75) is 6.92 Å². The number of imidazole rings is 1. The summed E-state index contributed by atoms with van der Waals surface area (Å²) in [6, 6.07) is 0. The SMILES string of the molecule is CCSC[CH]n1ccnc1. The van der Waals surface area contributed by atoms with Crippen LogP contribution in [0, 0.1) is 6.54 Å². The van der Waals surface area contributed by atoms with E-state index in [-0.39, 0.29) is 0 Å². The molecule has 1 heterocycles. The normalized spacial score (nSPS) is 10.1. The molecule has 0 unspecified atom stereocenters. The van der Waals surface area contributed by atoms with Crippen molar-refractivity contribution in [3.63, 3.8) is 0 Å². The van der Waals surface area contributed by atoms with E-state index >= 15 is 0 Å². The van der Waals surface area contributed by atoms with Crippen LogP contribution in [-0.4, -0.2) is 21.1 Å². The quantitative estimate of drug-likeness (QED) is 0.615.